The first-order chi connectivity index (χ1) is 19.8. The van der Waals surface area contributed by atoms with E-state index in [1.54, 1.807) is 17.4 Å². The lowest BCUT2D eigenvalue weighted by atomic mass is 9.93. The molecule has 0 radical (unpaired) electrons. The van der Waals surface area contributed by atoms with Gasteiger partial charge in [0.2, 0.25) is 12.2 Å². The van der Waals surface area contributed by atoms with E-state index in [9.17, 15) is 5.11 Å². The van der Waals surface area contributed by atoms with Gasteiger partial charge in [-0.05, 0) is 24.6 Å². The van der Waals surface area contributed by atoms with Crippen molar-refractivity contribution in [3.05, 3.63) is 54.4 Å². The number of nitrogens with one attached hydrogen (secondary N) is 2. The first kappa shape index (κ1) is 26.2. The third kappa shape index (κ3) is 5.35. The number of anilines is 2. The number of aromatic nitrogens is 4. The van der Waals surface area contributed by atoms with Gasteiger partial charge in [-0.3, -0.25) is 9.30 Å². The van der Waals surface area contributed by atoms with Crippen LogP contribution in [-0.4, -0.2) is 74.3 Å². The highest BCUT2D eigenvalue weighted by molar-refractivity contribution is 7.23. The molecular formula is C29H33N7O4S. The highest BCUT2D eigenvalue weighted by Gasteiger charge is 2.38. The van der Waals surface area contributed by atoms with Gasteiger partial charge >= 0.3 is 0 Å². The highest BCUT2D eigenvalue weighted by Crippen LogP contribution is 2.31. The largest absolute Gasteiger partial charge is 0.476 e. The molecule has 1 aromatic carbocycles. The summed E-state index contributed by atoms with van der Waals surface area (Å²) in [4.78, 5) is 13.8. The molecule has 6 heterocycles. The Balaban J connectivity index is 0.975. The smallest absolute Gasteiger partial charge is 0.214 e. The van der Waals surface area contributed by atoms with Crippen LogP contribution in [0.5, 0.6) is 5.88 Å². The van der Waals surface area contributed by atoms with Crippen molar-refractivity contribution in [3.8, 4) is 17.1 Å². The lowest BCUT2D eigenvalue weighted by Gasteiger charge is -2.26. The molecule has 3 N–H and O–H groups in total. The summed E-state index contributed by atoms with van der Waals surface area (Å²) in [7, 11) is 0. The normalized spacial score (nSPS) is 19.8. The van der Waals surface area contributed by atoms with Gasteiger partial charge in [0, 0.05) is 54.1 Å². The fourth-order valence-electron chi connectivity index (χ4n) is 5.38. The summed E-state index contributed by atoms with van der Waals surface area (Å²) in [5.74, 6) is 1.85. The number of morpholine rings is 1. The van der Waals surface area contributed by atoms with Gasteiger partial charge in [-0.15, -0.1) is 0 Å². The maximum Gasteiger partial charge on any atom is 0.214 e. The molecule has 2 fully saturated rings. The van der Waals surface area contributed by atoms with Crippen LogP contribution in [-0.2, 0) is 10.2 Å². The summed E-state index contributed by atoms with van der Waals surface area (Å²) in [5.41, 5.74) is 3.43. The Labute approximate surface area is 241 Å². The minimum absolute atomic E-state index is 0.160. The zero-order valence-corrected chi connectivity index (χ0v) is 24.0. The Morgan fingerprint density at radius 2 is 2.00 bits per heavy atom. The molecule has 12 heteroatoms. The number of hydrogen-bond donors (Lipinski definition) is 3. The number of ether oxygens (including phenoxy) is 2. The predicted octanol–water partition coefficient (Wildman–Crippen LogP) is 4.55. The minimum Gasteiger partial charge on any atom is -0.476 e. The minimum atomic E-state index is -1.03. The van der Waals surface area contributed by atoms with Gasteiger partial charge in [-0.2, -0.15) is 0 Å². The summed E-state index contributed by atoms with van der Waals surface area (Å²) in [6.45, 7) is 9.48. The molecule has 0 saturated carbocycles. The van der Waals surface area contributed by atoms with E-state index < -0.39 is 6.35 Å². The van der Waals surface area contributed by atoms with Gasteiger partial charge in [0.05, 0.1) is 23.9 Å². The van der Waals surface area contributed by atoms with E-state index in [0.717, 1.165) is 64.1 Å². The van der Waals surface area contributed by atoms with Crippen molar-refractivity contribution in [1.29, 1.82) is 0 Å². The van der Waals surface area contributed by atoms with Gasteiger partial charge in [0.1, 0.15) is 17.2 Å². The Morgan fingerprint density at radius 3 is 2.73 bits per heavy atom. The molecule has 0 amide bonds. The number of benzene rings is 1. The average molecular weight is 576 g/mol. The van der Waals surface area contributed by atoms with Crippen molar-refractivity contribution in [2.24, 2.45) is 0 Å². The monoisotopic (exact) mass is 575 g/mol. The molecule has 2 aliphatic heterocycles. The van der Waals surface area contributed by atoms with Gasteiger partial charge in [-0.25, -0.2) is 9.97 Å². The number of imidazole rings is 1. The van der Waals surface area contributed by atoms with Crippen LogP contribution >= 0.6 is 11.3 Å². The van der Waals surface area contributed by atoms with E-state index in [-0.39, 0.29) is 5.41 Å². The van der Waals surface area contributed by atoms with Crippen LogP contribution in [0.1, 0.15) is 33.0 Å². The first-order valence-electron chi connectivity index (χ1n) is 13.8. The fourth-order valence-corrected chi connectivity index (χ4v) is 6.35. The van der Waals surface area contributed by atoms with Crippen LogP contribution in [0.25, 0.3) is 26.6 Å². The van der Waals surface area contributed by atoms with Crippen molar-refractivity contribution in [2.45, 2.75) is 51.1 Å². The summed E-state index contributed by atoms with van der Waals surface area (Å²) in [5, 5.41) is 20.3. The number of thiazole rings is 1. The zero-order valence-electron chi connectivity index (χ0n) is 23.2. The van der Waals surface area contributed by atoms with Crippen molar-refractivity contribution >= 4 is 38.2 Å². The summed E-state index contributed by atoms with van der Waals surface area (Å²) in [6.07, 6.45) is 2.54. The zero-order chi connectivity index (χ0) is 28.1. The summed E-state index contributed by atoms with van der Waals surface area (Å²) < 4.78 is 19.1. The molecule has 41 heavy (non-hydrogen) atoms. The number of rotatable bonds is 9. The predicted molar refractivity (Wildman–Crippen MR) is 157 cm³/mol. The fraction of sp³-hybridized carbons (Fsp3) is 0.414. The number of hydrogen-bond acceptors (Lipinski definition) is 11. The molecule has 214 valence electrons. The van der Waals surface area contributed by atoms with Crippen molar-refractivity contribution in [1.82, 2.24) is 24.4 Å². The molecule has 2 bridgehead atoms. The first-order valence-corrected chi connectivity index (χ1v) is 14.7. The number of fused-ring (bicyclic) bond motifs is 5. The van der Waals surface area contributed by atoms with Gasteiger partial charge in [0.15, 0.2) is 10.8 Å². The summed E-state index contributed by atoms with van der Waals surface area (Å²) in [6, 6.07) is 14.1. The van der Waals surface area contributed by atoms with E-state index in [1.807, 2.05) is 63.4 Å². The quantitative estimate of drug-likeness (QED) is 0.216. The number of pyridine rings is 1. The van der Waals surface area contributed by atoms with E-state index >= 15 is 0 Å². The number of aliphatic hydroxyl groups excluding tert-OH is 1. The SMILES string of the molecule is CC(C)(C)c1cc(NC(O)Nc2ccc(-c3cn4c(n3)sc3nc(OCCN5C[C@@H]6C[C@H]5CO6)ccc34)cc2)no1. The van der Waals surface area contributed by atoms with Gasteiger partial charge in [0.25, 0.3) is 0 Å². The number of nitrogens with zero attached hydrogens (tertiary/aromatic N) is 5. The van der Waals surface area contributed by atoms with Crippen LogP contribution in [0.15, 0.2) is 53.2 Å². The van der Waals surface area contributed by atoms with Crippen molar-refractivity contribution in [2.75, 3.05) is 36.9 Å². The second kappa shape index (κ2) is 10.3. The highest BCUT2D eigenvalue weighted by atomic mass is 32.1. The van der Waals surface area contributed by atoms with Crippen LogP contribution in [0.3, 0.4) is 0 Å². The third-order valence-corrected chi connectivity index (χ3v) is 8.56. The molecule has 3 atom stereocenters. The average Bonchev–Trinajstić information content (AvgIpc) is 3.75. The molecule has 11 nitrogen and oxygen atoms in total. The summed E-state index contributed by atoms with van der Waals surface area (Å²) >= 11 is 1.54. The molecule has 2 aliphatic rings. The molecule has 7 rings (SSSR count). The number of aliphatic hydroxyl groups is 1. The maximum atomic E-state index is 10.4. The van der Waals surface area contributed by atoms with E-state index in [1.165, 1.54) is 0 Å². The Kier molecular flexibility index (Phi) is 6.57. The van der Waals surface area contributed by atoms with Gasteiger partial charge < -0.3 is 29.7 Å². The Bertz CT molecular complexity index is 1670. The lowest BCUT2D eigenvalue weighted by molar-refractivity contribution is 0.0256. The third-order valence-electron chi connectivity index (χ3n) is 7.60. The molecule has 4 aromatic heterocycles. The van der Waals surface area contributed by atoms with E-state index in [0.29, 0.717) is 30.5 Å². The van der Waals surface area contributed by atoms with Gasteiger partial charge in [-0.1, -0.05) is 49.4 Å². The van der Waals surface area contributed by atoms with Crippen LogP contribution < -0.4 is 15.4 Å². The molecular weight excluding hydrogens is 542 g/mol. The Hall–Kier alpha value is -3.71. The second-order valence-corrected chi connectivity index (χ2v) is 12.6. The van der Waals surface area contributed by atoms with Crippen LogP contribution in [0.4, 0.5) is 11.5 Å². The lowest BCUT2D eigenvalue weighted by Crippen LogP contribution is -2.39. The topological polar surface area (TPSA) is 122 Å². The Morgan fingerprint density at radius 1 is 1.15 bits per heavy atom. The van der Waals surface area contributed by atoms with Crippen molar-refractivity contribution in [3.63, 3.8) is 0 Å². The molecule has 2 saturated heterocycles. The van der Waals surface area contributed by atoms with Crippen LogP contribution in [0, 0.1) is 0 Å². The standard InChI is InChI=1S/C29H33N7O4S/c1-29(2,3)23-13-24(34-40-23)32-27(37)30-18-6-4-17(5-7-18)21-15-36-22-8-9-25(33-26(22)41-28(36)31-21)38-11-10-35-14-20-12-19(35)16-39-20/h4-9,13,15,19-20,27,30,37H,10-12,14,16H2,1-3H3,(H,32,34)/t19-,20-,27?/m0/s1. The second-order valence-electron chi connectivity index (χ2n) is 11.6. The molecule has 0 aliphatic carbocycles. The van der Waals surface area contributed by atoms with E-state index in [4.69, 9.17) is 24.0 Å². The molecule has 1 unspecified atom stereocenters. The van der Waals surface area contributed by atoms with E-state index in [2.05, 4.69) is 25.1 Å². The maximum absolute atomic E-state index is 10.4. The van der Waals surface area contributed by atoms with Crippen molar-refractivity contribution < 1.29 is 19.1 Å². The number of likely N-dealkylation sites (tertiary alicyclic amines) is 1. The van der Waals surface area contributed by atoms with Crippen LogP contribution in [0.2, 0.25) is 0 Å². The molecule has 0 spiro atoms. The molecule has 5 aromatic rings.